The first kappa shape index (κ1) is 20.1. The van der Waals surface area contributed by atoms with Gasteiger partial charge in [0.05, 0.1) is 17.8 Å². The van der Waals surface area contributed by atoms with E-state index in [1.54, 1.807) is 12.1 Å². The van der Waals surface area contributed by atoms with E-state index in [4.69, 9.17) is 0 Å². The molecule has 1 rings (SSSR count). The summed E-state index contributed by atoms with van der Waals surface area (Å²) in [7, 11) is -6.82. The van der Waals surface area contributed by atoms with Crippen LogP contribution in [0.4, 0.5) is 0 Å². The van der Waals surface area contributed by atoms with Gasteiger partial charge in [-0.1, -0.05) is 31.9 Å². The van der Waals surface area contributed by atoms with Gasteiger partial charge in [-0.25, -0.2) is 13.1 Å². The number of sulfonamides is 1. The SMILES string of the molecule is CCc1ccc(S(=O)(=O)NCCCCCCOS(C)(=O)=O)cc1. The molecule has 1 aromatic rings. The Balaban J connectivity index is 2.23. The van der Waals surface area contributed by atoms with Crippen molar-refractivity contribution in [2.24, 2.45) is 0 Å². The maximum Gasteiger partial charge on any atom is 0.264 e. The van der Waals surface area contributed by atoms with Gasteiger partial charge in [-0.3, -0.25) is 4.18 Å². The molecule has 0 aliphatic heterocycles. The van der Waals surface area contributed by atoms with Gasteiger partial charge in [-0.05, 0) is 37.0 Å². The van der Waals surface area contributed by atoms with Gasteiger partial charge < -0.3 is 0 Å². The van der Waals surface area contributed by atoms with Gasteiger partial charge in [0, 0.05) is 6.54 Å². The minimum absolute atomic E-state index is 0.175. The number of nitrogens with one attached hydrogen (secondary N) is 1. The zero-order valence-electron chi connectivity index (χ0n) is 13.6. The topological polar surface area (TPSA) is 89.5 Å². The molecule has 6 nitrogen and oxygen atoms in total. The lowest BCUT2D eigenvalue weighted by Crippen LogP contribution is -2.24. The molecule has 0 atom stereocenters. The molecule has 0 aromatic heterocycles. The maximum absolute atomic E-state index is 12.1. The Hall–Kier alpha value is -0.960. The van der Waals surface area contributed by atoms with Crippen LogP contribution in [0.1, 0.15) is 38.2 Å². The molecule has 0 saturated carbocycles. The van der Waals surface area contributed by atoms with Crippen molar-refractivity contribution in [1.82, 2.24) is 4.72 Å². The molecular formula is C15H25NO5S2. The largest absolute Gasteiger partial charge is 0.270 e. The van der Waals surface area contributed by atoms with Gasteiger partial charge in [0.2, 0.25) is 10.0 Å². The summed E-state index contributed by atoms with van der Waals surface area (Å²) in [6.07, 6.45) is 4.84. The predicted molar refractivity (Wildman–Crippen MR) is 90.3 cm³/mol. The highest BCUT2D eigenvalue weighted by molar-refractivity contribution is 7.89. The van der Waals surface area contributed by atoms with Gasteiger partial charge in [0.1, 0.15) is 0 Å². The number of benzene rings is 1. The van der Waals surface area contributed by atoms with Crippen molar-refractivity contribution in [1.29, 1.82) is 0 Å². The molecule has 0 radical (unpaired) electrons. The zero-order valence-corrected chi connectivity index (χ0v) is 15.2. The van der Waals surface area contributed by atoms with Crippen molar-refractivity contribution in [3.8, 4) is 0 Å². The van der Waals surface area contributed by atoms with Gasteiger partial charge in [0.25, 0.3) is 10.1 Å². The fourth-order valence-electron chi connectivity index (χ4n) is 1.99. The van der Waals surface area contributed by atoms with E-state index in [0.717, 1.165) is 31.1 Å². The lowest BCUT2D eigenvalue weighted by Gasteiger charge is -2.07. The second-order valence-electron chi connectivity index (χ2n) is 5.34. The molecule has 0 aliphatic carbocycles. The summed E-state index contributed by atoms with van der Waals surface area (Å²) in [5, 5.41) is 0. The van der Waals surface area contributed by atoms with E-state index in [9.17, 15) is 16.8 Å². The van der Waals surface area contributed by atoms with Crippen molar-refractivity contribution >= 4 is 20.1 Å². The van der Waals surface area contributed by atoms with Crippen molar-refractivity contribution in [3.63, 3.8) is 0 Å². The first-order valence-electron chi connectivity index (χ1n) is 7.67. The summed E-state index contributed by atoms with van der Waals surface area (Å²) in [4.78, 5) is 0.274. The van der Waals surface area contributed by atoms with Crippen LogP contribution in [0.5, 0.6) is 0 Å². The molecule has 0 amide bonds. The van der Waals surface area contributed by atoms with Gasteiger partial charge in [-0.2, -0.15) is 8.42 Å². The van der Waals surface area contributed by atoms with E-state index >= 15 is 0 Å². The Morgan fingerprint density at radius 3 is 2.13 bits per heavy atom. The molecule has 0 saturated heterocycles. The highest BCUT2D eigenvalue weighted by Gasteiger charge is 2.12. The molecule has 0 spiro atoms. The van der Waals surface area contributed by atoms with Crippen LogP contribution in [-0.2, 0) is 30.7 Å². The second-order valence-corrected chi connectivity index (χ2v) is 8.75. The van der Waals surface area contributed by atoms with Crippen LogP contribution >= 0.6 is 0 Å². The second kappa shape index (κ2) is 9.36. The van der Waals surface area contributed by atoms with E-state index < -0.39 is 20.1 Å². The van der Waals surface area contributed by atoms with E-state index in [1.165, 1.54) is 0 Å². The minimum atomic E-state index is -3.46. The summed E-state index contributed by atoms with van der Waals surface area (Å²) >= 11 is 0. The Labute approximate surface area is 139 Å². The average molecular weight is 364 g/mol. The number of unbranched alkanes of at least 4 members (excludes halogenated alkanes) is 3. The van der Waals surface area contributed by atoms with E-state index in [2.05, 4.69) is 8.91 Å². The zero-order chi connectivity index (χ0) is 17.3. The summed E-state index contributed by atoms with van der Waals surface area (Å²) in [5.41, 5.74) is 1.10. The number of aryl methyl sites for hydroxylation is 1. The van der Waals surface area contributed by atoms with Crippen molar-refractivity contribution in [3.05, 3.63) is 29.8 Å². The molecule has 132 valence electrons. The maximum atomic E-state index is 12.1. The molecule has 1 aromatic carbocycles. The van der Waals surface area contributed by atoms with Crippen LogP contribution < -0.4 is 4.72 Å². The van der Waals surface area contributed by atoms with Crippen molar-refractivity contribution in [2.75, 3.05) is 19.4 Å². The molecule has 0 heterocycles. The van der Waals surface area contributed by atoms with Crippen LogP contribution in [0.2, 0.25) is 0 Å². The Kier molecular flexibility index (Phi) is 8.18. The smallest absolute Gasteiger partial charge is 0.264 e. The first-order chi connectivity index (χ1) is 10.7. The number of hydrogen-bond acceptors (Lipinski definition) is 5. The molecule has 0 unspecified atom stereocenters. The van der Waals surface area contributed by atoms with Crippen LogP contribution in [0.25, 0.3) is 0 Å². The molecule has 0 bridgehead atoms. The third-order valence-electron chi connectivity index (χ3n) is 3.30. The lowest BCUT2D eigenvalue weighted by atomic mass is 10.2. The fraction of sp³-hybridized carbons (Fsp3) is 0.600. The Morgan fingerprint density at radius 2 is 1.57 bits per heavy atom. The fourth-order valence-corrected chi connectivity index (χ4v) is 3.48. The molecule has 0 fully saturated rings. The normalized spacial score (nSPS) is 12.4. The number of rotatable bonds is 11. The van der Waals surface area contributed by atoms with Gasteiger partial charge >= 0.3 is 0 Å². The Bertz CT molecular complexity index is 666. The molecule has 0 aliphatic rings. The summed E-state index contributed by atoms with van der Waals surface area (Å²) in [5.74, 6) is 0. The van der Waals surface area contributed by atoms with E-state index in [1.807, 2.05) is 19.1 Å². The molecule has 23 heavy (non-hydrogen) atoms. The standard InChI is InChI=1S/C15H25NO5S2/c1-3-14-8-10-15(11-9-14)23(19,20)16-12-6-4-5-7-13-21-22(2,17)18/h8-11,16H,3-7,12-13H2,1-2H3. The van der Waals surface area contributed by atoms with E-state index in [0.29, 0.717) is 19.4 Å². The highest BCUT2D eigenvalue weighted by atomic mass is 32.2. The Morgan fingerprint density at radius 1 is 0.957 bits per heavy atom. The van der Waals surface area contributed by atoms with E-state index in [-0.39, 0.29) is 11.5 Å². The molecule has 8 heteroatoms. The first-order valence-corrected chi connectivity index (χ1v) is 11.0. The van der Waals surface area contributed by atoms with Crippen molar-refractivity contribution < 1.29 is 21.0 Å². The predicted octanol–water partition coefficient (Wildman–Crippen LogP) is 2.06. The third kappa shape index (κ3) is 8.45. The summed E-state index contributed by atoms with van der Waals surface area (Å²) in [6, 6.07) is 6.86. The quantitative estimate of drug-likeness (QED) is 0.480. The monoisotopic (exact) mass is 363 g/mol. The van der Waals surface area contributed by atoms with Crippen LogP contribution in [0.3, 0.4) is 0 Å². The van der Waals surface area contributed by atoms with Gasteiger partial charge in [0.15, 0.2) is 0 Å². The average Bonchev–Trinajstić information content (AvgIpc) is 2.49. The van der Waals surface area contributed by atoms with Crippen LogP contribution in [-0.4, -0.2) is 36.2 Å². The number of hydrogen-bond donors (Lipinski definition) is 1. The molecule has 1 N–H and O–H groups in total. The third-order valence-corrected chi connectivity index (χ3v) is 5.37. The minimum Gasteiger partial charge on any atom is -0.270 e. The lowest BCUT2D eigenvalue weighted by molar-refractivity contribution is 0.310. The summed E-state index contributed by atoms with van der Waals surface area (Å²) in [6.45, 7) is 2.56. The van der Waals surface area contributed by atoms with Crippen LogP contribution in [0, 0.1) is 0 Å². The van der Waals surface area contributed by atoms with Crippen molar-refractivity contribution in [2.45, 2.75) is 43.9 Å². The van der Waals surface area contributed by atoms with Crippen LogP contribution in [0.15, 0.2) is 29.2 Å². The highest BCUT2D eigenvalue weighted by Crippen LogP contribution is 2.11. The molecular weight excluding hydrogens is 338 g/mol. The summed E-state index contributed by atoms with van der Waals surface area (Å²) < 4.78 is 52.9. The van der Waals surface area contributed by atoms with Gasteiger partial charge in [-0.15, -0.1) is 0 Å².